The number of hydrogen-bond donors (Lipinski definition) is 2. The van der Waals surface area contributed by atoms with E-state index in [4.69, 9.17) is 0 Å². The van der Waals surface area contributed by atoms with Crippen LogP contribution in [0.1, 0.15) is 27.2 Å². The Hall–Kier alpha value is -2.36. The number of anilines is 2. The number of aromatic nitrogens is 1. The summed E-state index contributed by atoms with van der Waals surface area (Å²) < 4.78 is 0. The van der Waals surface area contributed by atoms with Gasteiger partial charge in [-0.25, -0.2) is 4.98 Å². The number of hydrogen-bond acceptors (Lipinski definition) is 3. The molecule has 20 heavy (non-hydrogen) atoms. The quantitative estimate of drug-likeness (QED) is 0.899. The molecule has 0 aliphatic carbocycles. The van der Waals surface area contributed by atoms with E-state index in [0.29, 0.717) is 11.4 Å². The lowest BCUT2D eigenvalue weighted by atomic mass is 10.1. The van der Waals surface area contributed by atoms with Gasteiger partial charge in [0.1, 0.15) is 5.82 Å². The molecule has 0 aliphatic rings. The Morgan fingerprint density at radius 2 is 1.65 bits per heavy atom. The monoisotopic (exact) mass is 269 g/mol. The van der Waals surface area contributed by atoms with Gasteiger partial charge in [-0.3, -0.25) is 4.79 Å². The van der Waals surface area contributed by atoms with Crippen molar-refractivity contribution in [3.63, 3.8) is 0 Å². The van der Waals surface area contributed by atoms with Crippen molar-refractivity contribution >= 4 is 17.4 Å². The van der Waals surface area contributed by atoms with Crippen LogP contribution in [0.4, 0.5) is 11.5 Å². The molecule has 0 atom stereocenters. The summed E-state index contributed by atoms with van der Waals surface area (Å²) >= 11 is 0. The van der Waals surface area contributed by atoms with E-state index in [9.17, 15) is 4.79 Å². The summed E-state index contributed by atoms with van der Waals surface area (Å²) in [4.78, 5) is 16.6. The van der Waals surface area contributed by atoms with Crippen LogP contribution in [0.25, 0.3) is 0 Å². The van der Waals surface area contributed by atoms with Crippen molar-refractivity contribution in [2.24, 2.45) is 0 Å². The first-order valence-corrected chi connectivity index (χ1v) is 6.54. The van der Waals surface area contributed by atoms with E-state index in [0.717, 1.165) is 22.5 Å². The normalized spacial score (nSPS) is 10.2. The summed E-state index contributed by atoms with van der Waals surface area (Å²) in [5, 5.41) is 5.88. The van der Waals surface area contributed by atoms with Gasteiger partial charge < -0.3 is 10.6 Å². The minimum absolute atomic E-state index is 0.128. The smallest absolute Gasteiger partial charge is 0.255 e. The Labute approximate surface area is 119 Å². The molecular formula is C16H19N3O. The van der Waals surface area contributed by atoms with Crippen LogP contribution in [-0.2, 0) is 0 Å². The zero-order chi connectivity index (χ0) is 14.7. The molecule has 0 saturated heterocycles. The topological polar surface area (TPSA) is 54.0 Å². The number of rotatable bonds is 3. The van der Waals surface area contributed by atoms with Crippen molar-refractivity contribution < 1.29 is 4.79 Å². The average Bonchev–Trinajstić information content (AvgIpc) is 2.36. The highest BCUT2D eigenvalue weighted by Gasteiger charge is 2.09. The first kappa shape index (κ1) is 14.1. The molecule has 104 valence electrons. The first-order valence-electron chi connectivity index (χ1n) is 6.54. The van der Waals surface area contributed by atoms with Crippen molar-refractivity contribution in [3.05, 3.63) is 52.7 Å². The Morgan fingerprint density at radius 1 is 1.00 bits per heavy atom. The van der Waals surface area contributed by atoms with Crippen molar-refractivity contribution in [1.29, 1.82) is 0 Å². The maximum Gasteiger partial charge on any atom is 0.255 e. The Kier molecular flexibility index (Phi) is 4.03. The zero-order valence-electron chi connectivity index (χ0n) is 12.2. The lowest BCUT2D eigenvalue weighted by Gasteiger charge is -2.09. The van der Waals surface area contributed by atoms with Gasteiger partial charge in [-0.15, -0.1) is 0 Å². The minimum Gasteiger partial charge on any atom is -0.373 e. The van der Waals surface area contributed by atoms with Gasteiger partial charge in [-0.05, 0) is 56.2 Å². The molecule has 0 radical (unpaired) electrons. The van der Waals surface area contributed by atoms with E-state index in [1.807, 2.05) is 32.9 Å². The van der Waals surface area contributed by atoms with E-state index in [2.05, 4.69) is 21.7 Å². The first-order chi connectivity index (χ1) is 9.47. The molecule has 1 amide bonds. The van der Waals surface area contributed by atoms with Crippen LogP contribution in [0, 0.1) is 20.8 Å². The van der Waals surface area contributed by atoms with Gasteiger partial charge in [-0.2, -0.15) is 0 Å². The second-order valence-electron chi connectivity index (χ2n) is 4.96. The Bertz CT molecular complexity index is 630. The maximum atomic E-state index is 12.3. The predicted molar refractivity (Wildman–Crippen MR) is 82.4 cm³/mol. The summed E-state index contributed by atoms with van der Waals surface area (Å²) in [6.07, 6.45) is 0. The average molecular weight is 269 g/mol. The second kappa shape index (κ2) is 5.74. The van der Waals surface area contributed by atoms with Gasteiger partial charge in [0.05, 0.1) is 0 Å². The summed E-state index contributed by atoms with van der Waals surface area (Å²) in [7, 11) is 1.79. The lowest BCUT2D eigenvalue weighted by Crippen LogP contribution is -2.13. The van der Waals surface area contributed by atoms with Crippen LogP contribution in [0.15, 0.2) is 30.3 Å². The molecule has 0 unspecified atom stereocenters. The van der Waals surface area contributed by atoms with Crippen molar-refractivity contribution in [1.82, 2.24) is 4.98 Å². The minimum atomic E-state index is -0.128. The molecule has 0 fully saturated rings. The third-order valence-electron chi connectivity index (χ3n) is 2.95. The molecular weight excluding hydrogens is 250 g/mol. The third kappa shape index (κ3) is 3.35. The summed E-state index contributed by atoms with van der Waals surface area (Å²) in [6, 6.07) is 9.50. The largest absolute Gasteiger partial charge is 0.373 e. The number of amides is 1. The number of aryl methyl sites for hydroxylation is 3. The Morgan fingerprint density at radius 3 is 2.25 bits per heavy atom. The number of pyridine rings is 1. The highest BCUT2D eigenvalue weighted by Crippen LogP contribution is 2.16. The van der Waals surface area contributed by atoms with E-state index >= 15 is 0 Å². The van der Waals surface area contributed by atoms with Crippen LogP contribution in [0.5, 0.6) is 0 Å². The van der Waals surface area contributed by atoms with E-state index in [1.54, 1.807) is 19.2 Å². The molecule has 2 N–H and O–H groups in total. The summed E-state index contributed by atoms with van der Waals surface area (Å²) in [6.45, 7) is 5.89. The van der Waals surface area contributed by atoms with Gasteiger partial charge in [0.25, 0.3) is 5.91 Å². The number of nitrogens with zero attached hydrogens (tertiary/aromatic N) is 1. The number of carbonyl (C=O) groups excluding carboxylic acids is 1. The molecule has 0 aliphatic heterocycles. The van der Waals surface area contributed by atoms with Crippen LogP contribution in [0.2, 0.25) is 0 Å². The second-order valence-corrected chi connectivity index (χ2v) is 4.96. The van der Waals surface area contributed by atoms with E-state index in [-0.39, 0.29) is 5.91 Å². The highest BCUT2D eigenvalue weighted by atomic mass is 16.1. The van der Waals surface area contributed by atoms with Gasteiger partial charge >= 0.3 is 0 Å². The number of carbonyl (C=O) groups is 1. The Balaban J connectivity index is 2.25. The van der Waals surface area contributed by atoms with Gasteiger partial charge in [0, 0.05) is 24.0 Å². The molecule has 2 rings (SSSR count). The van der Waals surface area contributed by atoms with Gasteiger partial charge in [-0.1, -0.05) is 6.07 Å². The molecule has 1 aromatic heterocycles. The fraction of sp³-hybridized carbons (Fsp3) is 0.250. The molecule has 4 heteroatoms. The molecule has 1 heterocycles. The zero-order valence-corrected chi connectivity index (χ0v) is 12.2. The molecule has 2 aromatic rings. The third-order valence-corrected chi connectivity index (χ3v) is 2.95. The van der Waals surface area contributed by atoms with Crippen LogP contribution in [-0.4, -0.2) is 17.9 Å². The highest BCUT2D eigenvalue weighted by molar-refractivity contribution is 6.04. The van der Waals surface area contributed by atoms with E-state index in [1.165, 1.54) is 0 Å². The SMILES string of the molecule is CNc1cc(C(=O)Nc2cc(C)cc(C)c2)cc(C)n1. The number of nitrogens with one attached hydrogen (secondary N) is 2. The van der Waals surface area contributed by atoms with Crippen molar-refractivity contribution in [3.8, 4) is 0 Å². The molecule has 0 saturated carbocycles. The van der Waals surface area contributed by atoms with Crippen LogP contribution >= 0.6 is 0 Å². The lowest BCUT2D eigenvalue weighted by molar-refractivity contribution is 0.102. The fourth-order valence-corrected chi connectivity index (χ4v) is 2.18. The molecule has 4 nitrogen and oxygen atoms in total. The summed E-state index contributed by atoms with van der Waals surface area (Å²) in [5.41, 5.74) is 4.47. The van der Waals surface area contributed by atoms with Crippen molar-refractivity contribution in [2.75, 3.05) is 17.7 Å². The maximum absolute atomic E-state index is 12.3. The molecule has 0 bridgehead atoms. The fourth-order valence-electron chi connectivity index (χ4n) is 2.18. The van der Waals surface area contributed by atoms with Crippen molar-refractivity contribution in [2.45, 2.75) is 20.8 Å². The predicted octanol–water partition coefficient (Wildman–Crippen LogP) is 3.30. The molecule has 1 aromatic carbocycles. The van der Waals surface area contributed by atoms with E-state index < -0.39 is 0 Å². The molecule has 0 spiro atoms. The van der Waals surface area contributed by atoms with Crippen LogP contribution in [0.3, 0.4) is 0 Å². The van der Waals surface area contributed by atoms with Gasteiger partial charge in [0.2, 0.25) is 0 Å². The van der Waals surface area contributed by atoms with Gasteiger partial charge in [0.15, 0.2) is 0 Å². The van der Waals surface area contributed by atoms with Crippen LogP contribution < -0.4 is 10.6 Å². The summed E-state index contributed by atoms with van der Waals surface area (Å²) in [5.74, 6) is 0.563. The standard InChI is InChI=1S/C16H19N3O/c1-10-5-11(2)7-14(6-10)19-16(20)13-8-12(3)18-15(9-13)17-4/h5-9H,1-4H3,(H,17,18)(H,19,20). The number of benzene rings is 1.